The van der Waals surface area contributed by atoms with Crippen molar-refractivity contribution in [3.63, 3.8) is 0 Å². The Morgan fingerprint density at radius 2 is 2.00 bits per heavy atom. The van der Waals surface area contributed by atoms with Crippen molar-refractivity contribution in [1.82, 2.24) is 19.9 Å². The topological polar surface area (TPSA) is 78.4 Å². The van der Waals surface area contributed by atoms with Crippen LogP contribution in [0.15, 0.2) is 6.20 Å². The maximum atomic E-state index is 5.51. The summed E-state index contributed by atoms with van der Waals surface area (Å²) in [5.74, 6) is 0. The number of nitrogens with zero attached hydrogens (tertiary/aromatic N) is 4. The van der Waals surface area contributed by atoms with Gasteiger partial charge in [-0.1, -0.05) is 5.21 Å². The van der Waals surface area contributed by atoms with Gasteiger partial charge >= 0.3 is 0 Å². The summed E-state index contributed by atoms with van der Waals surface area (Å²) in [5, 5.41) is 8.01. The Kier molecular flexibility index (Phi) is 8.31. The van der Waals surface area contributed by atoms with Gasteiger partial charge in [-0.15, -0.1) is 5.10 Å². The summed E-state index contributed by atoms with van der Waals surface area (Å²) in [6, 6.07) is 0. The molecule has 7 nitrogen and oxygen atoms in total. The molecule has 1 heterocycles. The number of methoxy groups -OCH3 is 2. The van der Waals surface area contributed by atoms with Crippen molar-refractivity contribution >= 4 is 0 Å². The lowest BCUT2D eigenvalue weighted by atomic mass is 10.3. The monoisotopic (exact) mass is 271 g/mol. The molecule has 1 aromatic rings. The second-order valence-electron chi connectivity index (χ2n) is 4.36. The molecule has 0 aromatic carbocycles. The molecular weight excluding hydrogens is 246 g/mol. The average molecular weight is 271 g/mol. The van der Waals surface area contributed by atoms with Crippen LogP contribution in [0.1, 0.15) is 12.1 Å². The molecule has 0 unspecified atom stereocenters. The first-order chi connectivity index (χ1) is 9.30. The van der Waals surface area contributed by atoms with E-state index >= 15 is 0 Å². The van der Waals surface area contributed by atoms with Crippen LogP contribution < -0.4 is 5.73 Å². The lowest BCUT2D eigenvalue weighted by molar-refractivity contribution is 0.130. The normalized spacial score (nSPS) is 11.4. The van der Waals surface area contributed by atoms with Crippen LogP contribution in [-0.4, -0.2) is 67.0 Å². The van der Waals surface area contributed by atoms with Crippen LogP contribution in [0.3, 0.4) is 0 Å². The first-order valence-corrected chi connectivity index (χ1v) is 6.59. The van der Waals surface area contributed by atoms with Crippen molar-refractivity contribution in [2.24, 2.45) is 5.73 Å². The third-order valence-corrected chi connectivity index (χ3v) is 2.88. The number of aromatic nitrogens is 3. The highest BCUT2D eigenvalue weighted by molar-refractivity contribution is 4.90. The minimum atomic E-state index is 0.432. The molecule has 110 valence electrons. The summed E-state index contributed by atoms with van der Waals surface area (Å²) in [5.41, 5.74) is 6.33. The summed E-state index contributed by atoms with van der Waals surface area (Å²) in [6.45, 7) is 5.59. The fourth-order valence-corrected chi connectivity index (χ4v) is 1.77. The van der Waals surface area contributed by atoms with Gasteiger partial charge in [-0.05, 0) is 6.42 Å². The second kappa shape index (κ2) is 9.85. The van der Waals surface area contributed by atoms with E-state index in [0.29, 0.717) is 6.54 Å². The molecule has 0 saturated heterocycles. The van der Waals surface area contributed by atoms with Gasteiger partial charge in [0.1, 0.15) is 0 Å². The zero-order valence-corrected chi connectivity index (χ0v) is 11.9. The maximum Gasteiger partial charge on any atom is 0.0962 e. The first-order valence-electron chi connectivity index (χ1n) is 6.59. The van der Waals surface area contributed by atoms with Crippen LogP contribution in [-0.2, 0) is 22.6 Å². The van der Waals surface area contributed by atoms with Crippen LogP contribution in [0.2, 0.25) is 0 Å². The van der Waals surface area contributed by atoms with Gasteiger partial charge in [0.2, 0.25) is 0 Å². The number of nitrogens with two attached hydrogens (primary N) is 1. The Labute approximate surface area is 114 Å². The van der Waals surface area contributed by atoms with Gasteiger partial charge in [-0.3, -0.25) is 9.58 Å². The van der Waals surface area contributed by atoms with Crippen LogP contribution in [0.5, 0.6) is 0 Å². The minimum absolute atomic E-state index is 0.432. The van der Waals surface area contributed by atoms with Gasteiger partial charge in [0, 0.05) is 53.2 Å². The zero-order chi connectivity index (χ0) is 13.9. The van der Waals surface area contributed by atoms with E-state index in [1.807, 2.05) is 10.9 Å². The van der Waals surface area contributed by atoms with E-state index in [1.165, 1.54) is 0 Å². The summed E-state index contributed by atoms with van der Waals surface area (Å²) >= 11 is 0. The van der Waals surface area contributed by atoms with E-state index in [1.54, 1.807) is 14.2 Å². The first kappa shape index (κ1) is 16.0. The minimum Gasteiger partial charge on any atom is -0.385 e. The van der Waals surface area contributed by atoms with Crippen molar-refractivity contribution < 1.29 is 9.47 Å². The Morgan fingerprint density at radius 3 is 2.63 bits per heavy atom. The fraction of sp³-hybridized carbons (Fsp3) is 0.833. The molecule has 0 aliphatic carbocycles. The van der Waals surface area contributed by atoms with E-state index in [4.69, 9.17) is 15.2 Å². The van der Waals surface area contributed by atoms with Crippen LogP contribution in [0, 0.1) is 0 Å². The van der Waals surface area contributed by atoms with Gasteiger partial charge in [-0.25, -0.2) is 0 Å². The third kappa shape index (κ3) is 6.63. The average Bonchev–Trinajstić information content (AvgIpc) is 2.89. The molecule has 0 spiro atoms. The highest BCUT2D eigenvalue weighted by atomic mass is 16.5. The number of ether oxygens (including phenoxy) is 2. The van der Waals surface area contributed by atoms with E-state index in [9.17, 15) is 0 Å². The van der Waals surface area contributed by atoms with Crippen LogP contribution in [0.25, 0.3) is 0 Å². The molecule has 1 aromatic heterocycles. The third-order valence-electron chi connectivity index (χ3n) is 2.88. The van der Waals surface area contributed by atoms with Crippen molar-refractivity contribution in [1.29, 1.82) is 0 Å². The Balaban J connectivity index is 2.33. The number of rotatable bonds is 11. The molecule has 19 heavy (non-hydrogen) atoms. The van der Waals surface area contributed by atoms with Crippen LogP contribution in [0.4, 0.5) is 0 Å². The molecule has 0 saturated carbocycles. The lowest BCUT2D eigenvalue weighted by Gasteiger charge is -2.21. The molecule has 0 atom stereocenters. The Bertz CT molecular complexity index is 332. The molecule has 2 N–H and O–H groups in total. The van der Waals surface area contributed by atoms with Crippen molar-refractivity contribution in [2.45, 2.75) is 19.5 Å². The predicted molar refractivity (Wildman–Crippen MR) is 72.7 cm³/mol. The van der Waals surface area contributed by atoms with E-state index in [0.717, 1.165) is 51.5 Å². The zero-order valence-electron chi connectivity index (χ0n) is 11.9. The van der Waals surface area contributed by atoms with Gasteiger partial charge < -0.3 is 15.2 Å². The maximum absolute atomic E-state index is 5.51. The smallest absolute Gasteiger partial charge is 0.0962 e. The Hall–Kier alpha value is -1.02. The van der Waals surface area contributed by atoms with Gasteiger partial charge in [0.25, 0.3) is 0 Å². The molecular formula is C12H25N5O2. The van der Waals surface area contributed by atoms with E-state index in [2.05, 4.69) is 15.2 Å². The lowest BCUT2D eigenvalue weighted by Crippen LogP contribution is -2.32. The van der Waals surface area contributed by atoms with E-state index in [-0.39, 0.29) is 0 Å². The van der Waals surface area contributed by atoms with Gasteiger partial charge in [0.15, 0.2) is 0 Å². The van der Waals surface area contributed by atoms with Crippen LogP contribution >= 0.6 is 0 Å². The Morgan fingerprint density at radius 1 is 1.21 bits per heavy atom. The quantitative estimate of drug-likeness (QED) is 0.558. The number of hydrogen-bond acceptors (Lipinski definition) is 6. The fourth-order valence-electron chi connectivity index (χ4n) is 1.77. The number of hydrogen-bond donors (Lipinski definition) is 1. The molecule has 0 bridgehead atoms. The van der Waals surface area contributed by atoms with Crippen molar-refractivity contribution in [3.8, 4) is 0 Å². The summed E-state index contributed by atoms with van der Waals surface area (Å²) in [6.07, 6.45) is 2.91. The highest BCUT2D eigenvalue weighted by Crippen LogP contribution is 1.96. The molecule has 0 aliphatic heterocycles. The summed E-state index contributed by atoms with van der Waals surface area (Å²) < 4.78 is 12.0. The highest BCUT2D eigenvalue weighted by Gasteiger charge is 2.06. The molecule has 0 aliphatic rings. The SMILES string of the molecule is COCCCN(CCOC)CCn1cc(CN)nn1. The van der Waals surface area contributed by atoms with E-state index < -0.39 is 0 Å². The molecule has 0 radical (unpaired) electrons. The van der Waals surface area contributed by atoms with Gasteiger partial charge in [0.05, 0.1) is 18.8 Å². The van der Waals surface area contributed by atoms with Crippen molar-refractivity contribution in [3.05, 3.63) is 11.9 Å². The summed E-state index contributed by atoms with van der Waals surface area (Å²) in [4.78, 5) is 2.34. The molecule has 7 heteroatoms. The van der Waals surface area contributed by atoms with Crippen molar-refractivity contribution in [2.75, 3.05) is 47.1 Å². The predicted octanol–water partition coefficient (Wildman–Crippen LogP) is -0.278. The molecule has 0 fully saturated rings. The molecule has 1 rings (SSSR count). The molecule has 0 amide bonds. The largest absolute Gasteiger partial charge is 0.385 e. The van der Waals surface area contributed by atoms with Gasteiger partial charge in [-0.2, -0.15) is 0 Å². The standard InChI is InChI=1S/C12H25N5O2/c1-18-8-3-4-16(7-9-19-2)5-6-17-11-12(10-13)14-15-17/h11H,3-10,13H2,1-2H3. The second-order valence-corrected chi connectivity index (χ2v) is 4.36. The summed E-state index contributed by atoms with van der Waals surface area (Å²) in [7, 11) is 3.45.